The van der Waals surface area contributed by atoms with Crippen molar-refractivity contribution >= 4 is 34.7 Å². The summed E-state index contributed by atoms with van der Waals surface area (Å²) >= 11 is 0. The predicted octanol–water partition coefficient (Wildman–Crippen LogP) is 6.68. The third-order valence-electron chi connectivity index (χ3n) is 10.8. The molecule has 0 fully saturated rings. The van der Waals surface area contributed by atoms with E-state index >= 15 is 4.79 Å². The highest BCUT2D eigenvalue weighted by Gasteiger charge is 2.40. The molecule has 13 heteroatoms. The van der Waals surface area contributed by atoms with Gasteiger partial charge < -0.3 is 30.3 Å². The first-order chi connectivity index (χ1) is 31.1. The van der Waals surface area contributed by atoms with E-state index in [0.29, 0.717) is 18.7 Å². The zero-order valence-electron chi connectivity index (χ0n) is 36.8. The molecule has 1 heterocycles. The van der Waals surface area contributed by atoms with Gasteiger partial charge in [-0.1, -0.05) is 146 Å². The lowest BCUT2D eigenvalue weighted by Gasteiger charge is -2.38. The van der Waals surface area contributed by atoms with Crippen molar-refractivity contribution in [1.82, 2.24) is 36.3 Å². The summed E-state index contributed by atoms with van der Waals surface area (Å²) in [4.78, 5) is 63.4. The molecule has 6 rings (SSSR count). The summed E-state index contributed by atoms with van der Waals surface area (Å²) < 4.78 is 12.1. The van der Waals surface area contributed by atoms with Gasteiger partial charge in [0, 0.05) is 44.9 Å². The number of likely N-dealkylation sites (N-methyl/N-ethyl adjacent to an activating group) is 1. The average Bonchev–Trinajstić information content (AvgIpc) is 3.32. The fraction of sp³-hybridized carbons (Fsp3) is 0.275. The molecule has 0 radical (unpaired) electrons. The second-order valence-electron chi connectivity index (χ2n) is 15.3. The quantitative estimate of drug-likeness (QED) is 0.0355. The Hall–Kier alpha value is -6.93. The first-order valence-corrected chi connectivity index (χ1v) is 21.6. The van der Waals surface area contributed by atoms with Crippen molar-refractivity contribution in [2.24, 2.45) is 0 Å². The highest BCUT2D eigenvalue weighted by Crippen LogP contribution is 2.37. The number of rotatable bonds is 21. The summed E-state index contributed by atoms with van der Waals surface area (Å²) in [5.41, 5.74) is 6.20. The number of benzene rings is 5. The lowest BCUT2D eigenvalue weighted by atomic mass is 9.77. The van der Waals surface area contributed by atoms with Crippen LogP contribution < -0.4 is 21.4 Å². The van der Waals surface area contributed by atoms with Crippen LogP contribution in [0.15, 0.2) is 158 Å². The summed E-state index contributed by atoms with van der Waals surface area (Å²) in [5, 5.41) is 11.2. The van der Waals surface area contributed by atoms with Gasteiger partial charge in [0.05, 0.1) is 24.5 Å². The SMILES string of the molecule is CCOC(OCC)[C@H](C)N(Cc1cccc2cccnc12)C(=O)[C@H](CC(=O)NC(c1ccccc1)(c1ccccc1)c1ccccc1)NC(=O)CN(C)NC(=O)NCc1ccccc1. The number of pyridine rings is 1. The molecule has 64 heavy (non-hydrogen) atoms. The molecule has 0 spiro atoms. The molecule has 0 aliphatic carbocycles. The van der Waals surface area contributed by atoms with Gasteiger partial charge in [0.2, 0.25) is 17.7 Å². The molecule has 6 aromatic rings. The van der Waals surface area contributed by atoms with E-state index in [-0.39, 0.29) is 19.6 Å². The normalized spacial score (nSPS) is 12.3. The van der Waals surface area contributed by atoms with E-state index in [4.69, 9.17) is 9.47 Å². The summed E-state index contributed by atoms with van der Waals surface area (Å²) in [7, 11) is 1.54. The van der Waals surface area contributed by atoms with Gasteiger partial charge in [0.15, 0.2) is 6.29 Å². The number of urea groups is 1. The lowest BCUT2D eigenvalue weighted by Crippen LogP contribution is -2.58. The van der Waals surface area contributed by atoms with Gasteiger partial charge in [0.25, 0.3) is 0 Å². The number of aromatic nitrogens is 1. The van der Waals surface area contributed by atoms with Crippen LogP contribution in [0.5, 0.6) is 0 Å². The van der Waals surface area contributed by atoms with E-state index in [0.717, 1.165) is 33.2 Å². The number of amides is 5. The number of nitrogens with zero attached hydrogens (tertiary/aromatic N) is 3. The number of ether oxygens (including phenoxy) is 2. The number of hydrazine groups is 1. The molecule has 0 bridgehead atoms. The zero-order chi connectivity index (χ0) is 45.3. The monoisotopic (exact) mass is 863 g/mol. The summed E-state index contributed by atoms with van der Waals surface area (Å²) in [5.74, 6) is -1.66. The summed E-state index contributed by atoms with van der Waals surface area (Å²) in [6.07, 6.45) is 0.417. The minimum absolute atomic E-state index is 0.0595. The van der Waals surface area contributed by atoms with Crippen LogP contribution in [0.3, 0.4) is 0 Å². The fourth-order valence-corrected chi connectivity index (χ4v) is 7.82. The average molecular weight is 864 g/mol. The van der Waals surface area contributed by atoms with Crippen molar-refractivity contribution < 1.29 is 28.7 Å². The highest BCUT2D eigenvalue weighted by molar-refractivity contribution is 5.93. The Morgan fingerprint density at radius 2 is 1.23 bits per heavy atom. The largest absolute Gasteiger partial charge is 0.351 e. The third kappa shape index (κ3) is 12.0. The molecule has 0 aliphatic rings. The number of carbonyl (C=O) groups excluding carboxylic acids is 4. The summed E-state index contributed by atoms with van der Waals surface area (Å²) in [6, 6.07) is 45.3. The molecular formula is C51H57N7O6. The van der Waals surface area contributed by atoms with Gasteiger partial charge in [-0.2, -0.15) is 0 Å². The molecule has 0 aliphatic heterocycles. The fourth-order valence-electron chi connectivity index (χ4n) is 7.82. The van der Waals surface area contributed by atoms with Crippen LogP contribution in [-0.4, -0.2) is 83.8 Å². The summed E-state index contributed by atoms with van der Waals surface area (Å²) in [6.45, 7) is 6.14. The van der Waals surface area contributed by atoms with E-state index in [2.05, 4.69) is 26.4 Å². The second kappa shape index (κ2) is 23.0. The molecule has 332 valence electrons. The Bertz CT molecular complexity index is 2320. The Morgan fingerprint density at radius 3 is 1.80 bits per heavy atom. The standard InChI is InChI=1S/C51H57N7O6/c1-5-63-49(64-6-2)37(3)58(35-40-24-19-23-39-25-20-32-52-47(39)40)48(61)44(54-46(60)36-57(4)56-50(62)53-34-38-21-11-7-12-22-38)33-45(59)55-51(41-26-13-8-14-27-41,42-28-15-9-16-29-42)43-30-17-10-18-31-43/h7-32,37,44,49H,5-6,33-36H2,1-4H3,(H,54,60)(H,55,59)(H2,53,56,62)/t37-,44-/m0/s1. The van der Waals surface area contributed by atoms with Crippen LogP contribution in [0.2, 0.25) is 0 Å². The van der Waals surface area contributed by atoms with Gasteiger partial charge in [0.1, 0.15) is 11.6 Å². The number of hydrogen-bond donors (Lipinski definition) is 4. The van der Waals surface area contributed by atoms with E-state index < -0.39 is 54.1 Å². The first-order valence-electron chi connectivity index (χ1n) is 21.6. The molecule has 1 aromatic heterocycles. The molecule has 0 saturated carbocycles. The zero-order valence-corrected chi connectivity index (χ0v) is 36.8. The van der Waals surface area contributed by atoms with Crippen molar-refractivity contribution in [3.05, 3.63) is 186 Å². The molecule has 0 unspecified atom stereocenters. The maximum atomic E-state index is 15.4. The van der Waals surface area contributed by atoms with E-state index in [1.165, 1.54) is 12.1 Å². The van der Waals surface area contributed by atoms with Crippen molar-refractivity contribution in [2.75, 3.05) is 26.8 Å². The van der Waals surface area contributed by atoms with Crippen LogP contribution in [0.4, 0.5) is 4.79 Å². The maximum absolute atomic E-state index is 15.4. The van der Waals surface area contributed by atoms with Gasteiger partial charge in [-0.05, 0) is 54.7 Å². The van der Waals surface area contributed by atoms with Crippen LogP contribution in [0, 0.1) is 0 Å². The maximum Gasteiger partial charge on any atom is 0.329 e. The minimum atomic E-state index is -1.39. The van der Waals surface area contributed by atoms with Gasteiger partial charge in [-0.25, -0.2) is 9.80 Å². The van der Waals surface area contributed by atoms with E-state index in [9.17, 15) is 14.4 Å². The number of carbonyl (C=O) groups is 4. The Kier molecular flexibility index (Phi) is 16.7. The smallest absolute Gasteiger partial charge is 0.329 e. The number of fused-ring (bicyclic) bond motifs is 1. The number of para-hydroxylation sites is 1. The third-order valence-corrected chi connectivity index (χ3v) is 10.8. The van der Waals surface area contributed by atoms with Gasteiger partial charge in [-0.3, -0.25) is 24.8 Å². The molecule has 5 amide bonds. The predicted molar refractivity (Wildman–Crippen MR) is 247 cm³/mol. The molecule has 2 atom stereocenters. The first kappa shape index (κ1) is 46.6. The van der Waals surface area contributed by atoms with E-state index in [1.54, 1.807) is 11.1 Å². The topological polar surface area (TPSA) is 154 Å². The molecule has 5 aromatic carbocycles. The van der Waals surface area contributed by atoms with Crippen LogP contribution in [0.25, 0.3) is 10.9 Å². The van der Waals surface area contributed by atoms with Gasteiger partial charge in [-0.15, -0.1) is 0 Å². The number of hydrogen-bond acceptors (Lipinski definition) is 8. The van der Waals surface area contributed by atoms with Gasteiger partial charge >= 0.3 is 6.03 Å². The van der Waals surface area contributed by atoms with Crippen molar-refractivity contribution in [3.8, 4) is 0 Å². The Labute approximate surface area is 375 Å². The van der Waals surface area contributed by atoms with Crippen molar-refractivity contribution in [2.45, 2.75) is 64.2 Å². The van der Waals surface area contributed by atoms with Crippen molar-refractivity contribution in [3.63, 3.8) is 0 Å². The highest BCUT2D eigenvalue weighted by atomic mass is 16.7. The molecule has 0 saturated heterocycles. The number of nitrogens with one attached hydrogen (secondary N) is 4. The Balaban J connectivity index is 1.35. The second-order valence-corrected chi connectivity index (χ2v) is 15.3. The molecular weight excluding hydrogens is 807 g/mol. The van der Waals surface area contributed by atoms with Crippen molar-refractivity contribution in [1.29, 1.82) is 0 Å². The van der Waals surface area contributed by atoms with Crippen LogP contribution in [0.1, 0.15) is 55.0 Å². The van der Waals surface area contributed by atoms with Crippen LogP contribution in [-0.2, 0) is 42.5 Å². The van der Waals surface area contributed by atoms with Crippen LogP contribution >= 0.6 is 0 Å². The van der Waals surface area contributed by atoms with E-state index in [1.807, 2.05) is 172 Å². The molecule has 4 N–H and O–H groups in total. The minimum Gasteiger partial charge on any atom is -0.351 e. The Morgan fingerprint density at radius 1 is 0.688 bits per heavy atom. The molecule has 13 nitrogen and oxygen atoms in total. The lowest BCUT2D eigenvalue weighted by molar-refractivity contribution is -0.180.